The van der Waals surface area contributed by atoms with Crippen molar-refractivity contribution in [2.75, 3.05) is 33.2 Å². The van der Waals surface area contributed by atoms with Crippen LogP contribution in [0.5, 0.6) is 0 Å². The predicted molar refractivity (Wildman–Crippen MR) is 53.5 cm³/mol. The maximum absolute atomic E-state index is 11.5. The molecule has 1 aliphatic heterocycles. The Balaban J connectivity index is 2.45. The van der Waals surface area contributed by atoms with Crippen LogP contribution in [0, 0.1) is 0 Å². The molecule has 13 heavy (non-hydrogen) atoms. The van der Waals surface area contributed by atoms with Crippen LogP contribution in [-0.2, 0) is 4.79 Å². The average molecular weight is 182 g/mol. The molecule has 0 unspecified atom stereocenters. The first-order valence-electron chi connectivity index (χ1n) is 4.72. The van der Waals surface area contributed by atoms with Crippen LogP contribution < -0.4 is 0 Å². The Morgan fingerprint density at radius 3 is 2.15 bits per heavy atom. The molecule has 0 N–H and O–H groups in total. The van der Waals surface area contributed by atoms with Crippen LogP contribution in [0.1, 0.15) is 13.8 Å². The average Bonchev–Trinajstić information content (AvgIpc) is 2.04. The van der Waals surface area contributed by atoms with E-state index in [0.29, 0.717) is 0 Å². The number of carbonyl (C=O) groups is 1. The van der Waals surface area contributed by atoms with Gasteiger partial charge in [-0.05, 0) is 20.9 Å². The summed E-state index contributed by atoms with van der Waals surface area (Å²) in [5, 5.41) is 0. The van der Waals surface area contributed by atoms with E-state index in [0.717, 1.165) is 31.8 Å². The van der Waals surface area contributed by atoms with Crippen molar-refractivity contribution in [3.8, 4) is 0 Å². The Bertz CT molecular complexity index is 211. The van der Waals surface area contributed by atoms with Gasteiger partial charge in [0.2, 0.25) is 5.91 Å². The fourth-order valence-corrected chi connectivity index (χ4v) is 1.37. The second kappa shape index (κ2) is 4.42. The van der Waals surface area contributed by atoms with Gasteiger partial charge in [-0.1, -0.05) is 5.57 Å². The summed E-state index contributed by atoms with van der Waals surface area (Å²) < 4.78 is 0. The monoisotopic (exact) mass is 182 g/mol. The van der Waals surface area contributed by atoms with Gasteiger partial charge in [-0.25, -0.2) is 0 Å². The van der Waals surface area contributed by atoms with E-state index in [2.05, 4.69) is 11.9 Å². The number of amides is 1. The SMILES string of the molecule is CC(C)=CC(=O)N1CCN(C)CC1. The van der Waals surface area contributed by atoms with Crippen molar-refractivity contribution in [2.45, 2.75) is 13.8 Å². The van der Waals surface area contributed by atoms with Crippen molar-refractivity contribution in [1.29, 1.82) is 0 Å². The third kappa shape index (κ3) is 3.19. The fraction of sp³-hybridized carbons (Fsp3) is 0.700. The van der Waals surface area contributed by atoms with Gasteiger partial charge in [0.05, 0.1) is 0 Å². The number of allylic oxidation sites excluding steroid dienone is 1. The summed E-state index contributed by atoms with van der Waals surface area (Å²) in [7, 11) is 2.09. The standard InChI is InChI=1S/C10H18N2O/c1-9(2)8-10(13)12-6-4-11(3)5-7-12/h8H,4-7H2,1-3H3. The molecule has 3 heteroatoms. The minimum absolute atomic E-state index is 0.160. The molecule has 1 fully saturated rings. The van der Waals surface area contributed by atoms with Crippen LogP contribution in [0.25, 0.3) is 0 Å². The molecule has 0 spiro atoms. The van der Waals surface area contributed by atoms with Crippen LogP contribution in [-0.4, -0.2) is 48.9 Å². The molecule has 1 rings (SSSR count). The Kier molecular flexibility index (Phi) is 3.48. The van der Waals surface area contributed by atoms with Crippen LogP contribution in [0.4, 0.5) is 0 Å². The molecule has 1 saturated heterocycles. The zero-order valence-electron chi connectivity index (χ0n) is 8.71. The zero-order chi connectivity index (χ0) is 9.84. The summed E-state index contributed by atoms with van der Waals surface area (Å²) in [6, 6.07) is 0. The summed E-state index contributed by atoms with van der Waals surface area (Å²) in [5.41, 5.74) is 1.07. The number of carbonyl (C=O) groups excluding carboxylic acids is 1. The minimum atomic E-state index is 0.160. The summed E-state index contributed by atoms with van der Waals surface area (Å²) in [6.45, 7) is 7.60. The highest BCUT2D eigenvalue weighted by molar-refractivity contribution is 5.88. The zero-order valence-corrected chi connectivity index (χ0v) is 8.71. The molecule has 0 bridgehead atoms. The van der Waals surface area contributed by atoms with Crippen LogP contribution >= 0.6 is 0 Å². The van der Waals surface area contributed by atoms with Crippen LogP contribution in [0.2, 0.25) is 0 Å². The van der Waals surface area contributed by atoms with Gasteiger partial charge in [0.15, 0.2) is 0 Å². The van der Waals surface area contributed by atoms with Crippen molar-refractivity contribution in [3.63, 3.8) is 0 Å². The lowest BCUT2D eigenvalue weighted by Gasteiger charge is -2.31. The number of likely N-dealkylation sites (N-methyl/N-ethyl adjacent to an activating group) is 1. The number of piperazine rings is 1. The lowest BCUT2D eigenvalue weighted by atomic mass is 10.2. The summed E-state index contributed by atoms with van der Waals surface area (Å²) in [4.78, 5) is 15.7. The fourth-order valence-electron chi connectivity index (χ4n) is 1.37. The van der Waals surface area contributed by atoms with Crippen molar-refractivity contribution >= 4 is 5.91 Å². The number of hydrogen-bond acceptors (Lipinski definition) is 2. The maximum atomic E-state index is 11.5. The van der Waals surface area contributed by atoms with Gasteiger partial charge < -0.3 is 9.80 Å². The highest BCUT2D eigenvalue weighted by Gasteiger charge is 2.16. The second-order valence-electron chi connectivity index (χ2n) is 3.85. The predicted octanol–water partition coefficient (Wildman–Crippen LogP) is 0.727. The Hall–Kier alpha value is -0.830. The lowest BCUT2D eigenvalue weighted by Crippen LogP contribution is -2.46. The maximum Gasteiger partial charge on any atom is 0.246 e. The summed E-state index contributed by atoms with van der Waals surface area (Å²) in [5.74, 6) is 0.160. The second-order valence-corrected chi connectivity index (χ2v) is 3.85. The highest BCUT2D eigenvalue weighted by Crippen LogP contribution is 2.01. The van der Waals surface area contributed by atoms with Crippen molar-refractivity contribution in [1.82, 2.24) is 9.80 Å². The third-order valence-electron chi connectivity index (χ3n) is 2.23. The molecule has 1 aliphatic rings. The molecule has 3 nitrogen and oxygen atoms in total. The van der Waals surface area contributed by atoms with Gasteiger partial charge in [0, 0.05) is 32.3 Å². The molecule has 1 amide bonds. The van der Waals surface area contributed by atoms with Crippen LogP contribution in [0.15, 0.2) is 11.6 Å². The molecule has 0 aromatic heterocycles. The van der Waals surface area contributed by atoms with E-state index in [9.17, 15) is 4.79 Å². The molecule has 1 heterocycles. The van der Waals surface area contributed by atoms with Crippen LogP contribution in [0.3, 0.4) is 0 Å². The quantitative estimate of drug-likeness (QED) is 0.558. The Morgan fingerprint density at radius 1 is 1.15 bits per heavy atom. The van der Waals surface area contributed by atoms with E-state index in [1.807, 2.05) is 18.7 Å². The summed E-state index contributed by atoms with van der Waals surface area (Å²) >= 11 is 0. The molecule has 0 saturated carbocycles. The van der Waals surface area contributed by atoms with E-state index < -0.39 is 0 Å². The topological polar surface area (TPSA) is 23.6 Å². The number of rotatable bonds is 1. The van der Waals surface area contributed by atoms with Crippen molar-refractivity contribution in [2.24, 2.45) is 0 Å². The first-order chi connectivity index (χ1) is 6.09. The van der Waals surface area contributed by atoms with Crippen molar-refractivity contribution in [3.05, 3.63) is 11.6 Å². The lowest BCUT2D eigenvalue weighted by molar-refractivity contribution is -0.127. The third-order valence-corrected chi connectivity index (χ3v) is 2.23. The van der Waals surface area contributed by atoms with E-state index in [1.165, 1.54) is 0 Å². The molecule has 74 valence electrons. The Labute approximate surface area is 80.0 Å². The number of nitrogens with zero attached hydrogens (tertiary/aromatic N) is 2. The van der Waals surface area contributed by atoms with Gasteiger partial charge in [0.1, 0.15) is 0 Å². The van der Waals surface area contributed by atoms with Gasteiger partial charge in [0.25, 0.3) is 0 Å². The minimum Gasteiger partial charge on any atom is -0.337 e. The van der Waals surface area contributed by atoms with Gasteiger partial charge in [-0.3, -0.25) is 4.79 Å². The molecule has 0 atom stereocenters. The highest BCUT2D eigenvalue weighted by atomic mass is 16.2. The largest absolute Gasteiger partial charge is 0.337 e. The molecule has 0 aromatic carbocycles. The molecule has 0 radical (unpaired) electrons. The molecular weight excluding hydrogens is 164 g/mol. The van der Waals surface area contributed by atoms with E-state index in [-0.39, 0.29) is 5.91 Å². The van der Waals surface area contributed by atoms with Gasteiger partial charge >= 0.3 is 0 Å². The first kappa shape index (κ1) is 10.3. The van der Waals surface area contributed by atoms with E-state index in [4.69, 9.17) is 0 Å². The Morgan fingerprint density at radius 2 is 1.69 bits per heavy atom. The molecule has 0 aromatic rings. The molecule has 0 aliphatic carbocycles. The van der Waals surface area contributed by atoms with E-state index >= 15 is 0 Å². The normalized spacial score (nSPS) is 18.5. The summed E-state index contributed by atoms with van der Waals surface area (Å²) in [6.07, 6.45) is 1.71. The first-order valence-corrected chi connectivity index (χ1v) is 4.72. The van der Waals surface area contributed by atoms with Crippen molar-refractivity contribution < 1.29 is 4.79 Å². The smallest absolute Gasteiger partial charge is 0.246 e. The number of hydrogen-bond donors (Lipinski definition) is 0. The van der Waals surface area contributed by atoms with Gasteiger partial charge in [-0.15, -0.1) is 0 Å². The van der Waals surface area contributed by atoms with E-state index in [1.54, 1.807) is 6.08 Å². The molecular formula is C10H18N2O. The van der Waals surface area contributed by atoms with Gasteiger partial charge in [-0.2, -0.15) is 0 Å².